The van der Waals surface area contributed by atoms with Crippen LogP contribution in [0.2, 0.25) is 5.02 Å². The highest BCUT2D eigenvalue weighted by atomic mass is 35.5. The largest absolute Gasteiger partial charge is 0.352 e. The number of carbonyl (C=O) groups is 1. The average Bonchev–Trinajstić information content (AvgIpc) is 3.05. The topological polar surface area (TPSA) is 93.9 Å². The minimum absolute atomic E-state index is 0.137. The molecule has 0 fully saturated rings. The van der Waals surface area contributed by atoms with Crippen LogP contribution in [0, 0.1) is 12.7 Å². The van der Waals surface area contributed by atoms with E-state index in [1.165, 1.54) is 12.4 Å². The van der Waals surface area contributed by atoms with Crippen molar-refractivity contribution in [3.8, 4) is 0 Å². The van der Waals surface area contributed by atoms with Crippen LogP contribution in [0.4, 0.5) is 4.39 Å². The predicted octanol–water partition coefficient (Wildman–Crippen LogP) is 3.21. The molecule has 0 bridgehead atoms. The van der Waals surface area contributed by atoms with Crippen molar-refractivity contribution >= 4 is 27.4 Å². The van der Waals surface area contributed by atoms with E-state index in [1.54, 1.807) is 0 Å². The summed E-state index contributed by atoms with van der Waals surface area (Å²) in [5.74, 6) is -0.849. The van der Waals surface area contributed by atoms with Gasteiger partial charge in [0.05, 0.1) is 34.6 Å². The van der Waals surface area contributed by atoms with Gasteiger partial charge in [-0.15, -0.1) is 0 Å². The fourth-order valence-corrected chi connectivity index (χ4v) is 4.04. The second-order valence-corrected chi connectivity index (χ2v) is 8.92. The van der Waals surface area contributed by atoms with E-state index in [9.17, 15) is 17.6 Å². The summed E-state index contributed by atoms with van der Waals surface area (Å²) in [5.41, 5.74) is 2.73. The Morgan fingerprint density at radius 2 is 1.97 bits per heavy atom. The van der Waals surface area contributed by atoms with Crippen LogP contribution in [0.1, 0.15) is 34.0 Å². The molecule has 0 spiro atoms. The van der Waals surface area contributed by atoms with Gasteiger partial charge in [0.15, 0.2) is 5.78 Å². The first-order valence-electron chi connectivity index (χ1n) is 9.07. The molecule has 1 aromatic carbocycles. The Morgan fingerprint density at radius 1 is 1.20 bits per heavy atom. The molecule has 158 valence electrons. The minimum atomic E-state index is -3.90. The molecule has 0 aliphatic heterocycles. The van der Waals surface area contributed by atoms with Gasteiger partial charge >= 0.3 is 0 Å². The molecule has 0 aliphatic carbocycles. The van der Waals surface area contributed by atoms with Crippen molar-refractivity contribution in [3.05, 3.63) is 76.3 Å². The second kappa shape index (κ2) is 9.03. The number of aryl methyl sites for hydroxylation is 2. The van der Waals surface area contributed by atoms with E-state index in [-0.39, 0.29) is 27.9 Å². The lowest BCUT2D eigenvalue weighted by Crippen LogP contribution is -2.24. The Morgan fingerprint density at radius 3 is 2.57 bits per heavy atom. The lowest BCUT2D eigenvalue weighted by Gasteiger charge is -2.08. The Kier molecular flexibility index (Phi) is 6.64. The third-order valence-corrected chi connectivity index (χ3v) is 6.41. The van der Waals surface area contributed by atoms with Crippen LogP contribution in [-0.2, 0) is 30.0 Å². The number of benzene rings is 1. The maximum atomic E-state index is 13.2. The monoisotopic (exact) mass is 450 g/mol. The molecule has 0 aliphatic rings. The fraction of sp³-hybridized carbons (Fsp3) is 0.250. The Hall–Kier alpha value is -2.62. The zero-order valence-electron chi connectivity index (χ0n) is 16.4. The van der Waals surface area contributed by atoms with Gasteiger partial charge in [-0.25, -0.2) is 22.5 Å². The van der Waals surface area contributed by atoms with Gasteiger partial charge in [0, 0.05) is 24.9 Å². The van der Waals surface area contributed by atoms with Crippen molar-refractivity contribution in [1.82, 2.24) is 19.3 Å². The van der Waals surface area contributed by atoms with Crippen LogP contribution in [0.15, 0.2) is 47.6 Å². The summed E-state index contributed by atoms with van der Waals surface area (Å²) in [6, 6.07) is 7.10. The summed E-state index contributed by atoms with van der Waals surface area (Å²) in [5, 5.41) is -0.286. The summed E-state index contributed by atoms with van der Waals surface area (Å²) >= 11 is 5.64. The molecule has 0 amide bonds. The van der Waals surface area contributed by atoms with Crippen molar-refractivity contribution in [3.63, 3.8) is 0 Å². The number of aromatic nitrogens is 3. The third kappa shape index (κ3) is 5.10. The molecule has 0 unspecified atom stereocenters. The normalized spacial score (nSPS) is 11.6. The van der Waals surface area contributed by atoms with Gasteiger partial charge < -0.3 is 4.57 Å². The number of nitrogens with zero attached hydrogens (tertiary/aromatic N) is 3. The molecule has 0 saturated heterocycles. The highest BCUT2D eigenvalue weighted by Crippen LogP contribution is 2.19. The van der Waals surface area contributed by atoms with Gasteiger partial charge in [0.2, 0.25) is 10.0 Å². The van der Waals surface area contributed by atoms with E-state index in [0.29, 0.717) is 18.5 Å². The van der Waals surface area contributed by atoms with Gasteiger partial charge in [0.25, 0.3) is 0 Å². The number of hydrogen-bond acceptors (Lipinski definition) is 5. The van der Waals surface area contributed by atoms with E-state index in [2.05, 4.69) is 14.7 Å². The second-order valence-electron chi connectivity index (χ2n) is 6.74. The number of Topliss-reactive ketones (excluding diaryl/α,β-unsaturated/α-hetero) is 1. The van der Waals surface area contributed by atoms with Gasteiger partial charge in [-0.3, -0.25) is 9.78 Å². The highest BCUT2D eigenvalue weighted by molar-refractivity contribution is 7.89. The molecular weight excluding hydrogens is 431 g/mol. The number of ketones is 1. The Bertz CT molecular complexity index is 1180. The standard InChI is InChI=1S/C20H20ClFN4O3S/c1-13-3-4-15(26(13)2)5-8-20(27)19-12-23-14(10-24-19)11-25-30(28,29)16-6-7-18(22)17(21)9-16/h3-4,6-7,9-10,12,25H,5,8,11H2,1-2H3. The summed E-state index contributed by atoms with van der Waals surface area (Å²) in [4.78, 5) is 20.4. The molecule has 3 aromatic rings. The van der Waals surface area contributed by atoms with E-state index >= 15 is 0 Å². The molecule has 0 radical (unpaired) electrons. The first-order chi connectivity index (χ1) is 14.2. The number of halogens is 2. The Labute approximate surface area is 179 Å². The smallest absolute Gasteiger partial charge is 0.240 e. The lowest BCUT2D eigenvalue weighted by atomic mass is 10.1. The molecular formula is C20H20ClFN4O3S. The van der Waals surface area contributed by atoms with E-state index in [1.807, 2.05) is 30.7 Å². The molecule has 2 aromatic heterocycles. The first kappa shape index (κ1) is 22.1. The van der Waals surface area contributed by atoms with Crippen molar-refractivity contribution in [1.29, 1.82) is 0 Å². The molecule has 7 nitrogen and oxygen atoms in total. The van der Waals surface area contributed by atoms with Crippen molar-refractivity contribution < 1.29 is 17.6 Å². The van der Waals surface area contributed by atoms with Crippen LogP contribution in [0.3, 0.4) is 0 Å². The predicted molar refractivity (Wildman–Crippen MR) is 110 cm³/mol. The lowest BCUT2D eigenvalue weighted by molar-refractivity contribution is 0.0977. The van der Waals surface area contributed by atoms with Crippen molar-refractivity contribution in [2.75, 3.05) is 0 Å². The van der Waals surface area contributed by atoms with Crippen molar-refractivity contribution in [2.45, 2.75) is 31.2 Å². The minimum Gasteiger partial charge on any atom is -0.352 e. The third-order valence-electron chi connectivity index (χ3n) is 4.72. The maximum absolute atomic E-state index is 13.2. The van der Waals surface area contributed by atoms with Crippen molar-refractivity contribution in [2.24, 2.45) is 7.05 Å². The zero-order valence-corrected chi connectivity index (χ0v) is 18.0. The van der Waals surface area contributed by atoms with Crippen LogP contribution in [0.25, 0.3) is 0 Å². The summed E-state index contributed by atoms with van der Waals surface area (Å²) in [6.07, 6.45) is 3.56. The van der Waals surface area contributed by atoms with E-state index in [0.717, 1.165) is 29.6 Å². The summed E-state index contributed by atoms with van der Waals surface area (Å²) in [6.45, 7) is 1.86. The van der Waals surface area contributed by atoms with Gasteiger partial charge in [-0.2, -0.15) is 0 Å². The number of rotatable bonds is 8. The maximum Gasteiger partial charge on any atom is 0.240 e. The molecule has 2 heterocycles. The Balaban J connectivity index is 1.59. The number of nitrogens with one attached hydrogen (secondary N) is 1. The molecule has 0 saturated carbocycles. The van der Waals surface area contributed by atoms with Gasteiger partial charge in [-0.05, 0) is 43.7 Å². The average molecular weight is 451 g/mol. The first-order valence-corrected chi connectivity index (χ1v) is 10.9. The van der Waals surface area contributed by atoms with Crippen LogP contribution >= 0.6 is 11.6 Å². The molecule has 1 N–H and O–H groups in total. The van der Waals surface area contributed by atoms with E-state index < -0.39 is 15.8 Å². The van der Waals surface area contributed by atoms with E-state index in [4.69, 9.17) is 11.6 Å². The molecule has 10 heteroatoms. The zero-order chi connectivity index (χ0) is 21.9. The number of hydrogen-bond donors (Lipinski definition) is 1. The van der Waals surface area contributed by atoms with Crippen LogP contribution < -0.4 is 4.72 Å². The number of sulfonamides is 1. The van der Waals surface area contributed by atoms with Crippen LogP contribution in [0.5, 0.6) is 0 Å². The molecule has 3 rings (SSSR count). The summed E-state index contributed by atoms with van der Waals surface area (Å²) in [7, 11) is -1.95. The SMILES string of the molecule is Cc1ccc(CCC(=O)c2cnc(CNS(=O)(=O)c3ccc(F)c(Cl)c3)cn2)n1C. The molecule has 0 atom stereocenters. The van der Waals surface area contributed by atoms with Gasteiger partial charge in [-0.1, -0.05) is 11.6 Å². The summed E-state index contributed by atoms with van der Waals surface area (Å²) < 4.78 is 42.2. The fourth-order valence-electron chi connectivity index (χ4n) is 2.77. The van der Waals surface area contributed by atoms with Gasteiger partial charge in [0.1, 0.15) is 11.5 Å². The molecule has 30 heavy (non-hydrogen) atoms. The number of carbonyl (C=O) groups excluding carboxylic acids is 1. The van der Waals surface area contributed by atoms with Crippen LogP contribution in [-0.4, -0.2) is 28.7 Å². The highest BCUT2D eigenvalue weighted by Gasteiger charge is 2.16. The quantitative estimate of drug-likeness (QED) is 0.532.